The number of amides is 1. The topological polar surface area (TPSA) is 97.8 Å². The highest BCUT2D eigenvalue weighted by molar-refractivity contribution is 6.08. The zero-order valence-corrected chi connectivity index (χ0v) is 26.8. The van der Waals surface area contributed by atoms with Gasteiger partial charge in [-0.1, -0.05) is 6.07 Å². The number of aryl methyl sites for hydroxylation is 2. The Morgan fingerprint density at radius 2 is 1.86 bits per heavy atom. The summed E-state index contributed by atoms with van der Waals surface area (Å²) in [7, 11) is 2.19. The summed E-state index contributed by atoms with van der Waals surface area (Å²) >= 11 is 0. The van der Waals surface area contributed by atoms with E-state index in [0.29, 0.717) is 48.3 Å². The van der Waals surface area contributed by atoms with Crippen LogP contribution in [0.25, 0.3) is 16.6 Å². The lowest BCUT2D eigenvalue weighted by Crippen LogP contribution is -2.55. The quantitative estimate of drug-likeness (QED) is 0.261. The van der Waals surface area contributed by atoms with E-state index in [1.165, 1.54) is 0 Å². The number of hydrogen-bond donors (Lipinski definition) is 1. The maximum absolute atomic E-state index is 13.5. The average molecular weight is 598 g/mol. The first-order chi connectivity index (χ1) is 21.1. The highest BCUT2D eigenvalue weighted by atomic mass is 16.5. The summed E-state index contributed by atoms with van der Waals surface area (Å²) in [5.41, 5.74) is 5.68. The molecule has 11 heteroatoms. The molecule has 1 amide bonds. The number of benzene rings is 1. The molecule has 11 nitrogen and oxygen atoms in total. The molecule has 4 aromatic heterocycles. The Morgan fingerprint density at radius 3 is 2.59 bits per heavy atom. The molecule has 1 aromatic carbocycles. The smallest absolute Gasteiger partial charge is 0.274 e. The van der Waals surface area contributed by atoms with Gasteiger partial charge in [0.05, 0.1) is 35.3 Å². The van der Waals surface area contributed by atoms with Gasteiger partial charge in [0.25, 0.3) is 5.91 Å². The summed E-state index contributed by atoms with van der Waals surface area (Å²) in [6, 6.07) is 13.1. The summed E-state index contributed by atoms with van der Waals surface area (Å²) in [5.74, 6) is 0.502. The number of likely N-dealkylation sites (N-methyl/N-ethyl adjacent to an activating group) is 1. The number of hydrogen-bond acceptors (Lipinski definition) is 7. The zero-order chi connectivity index (χ0) is 31.1. The van der Waals surface area contributed by atoms with Crippen LogP contribution >= 0.6 is 0 Å². The molecule has 232 valence electrons. The SMILES string of the molecule is Cc1nn(Cc2cc(C)n(C(C)C)n2)c2cccc(NC(=O)c3cnc4cc(OCCN5CC(C)N(C)C(C)C5)ccn34)c12. The summed E-state index contributed by atoms with van der Waals surface area (Å²) < 4.78 is 11.8. The number of aromatic nitrogens is 6. The number of pyridine rings is 1. The molecule has 1 N–H and O–H groups in total. The van der Waals surface area contributed by atoms with Gasteiger partial charge in [-0.3, -0.25) is 28.4 Å². The van der Waals surface area contributed by atoms with Gasteiger partial charge in [-0.25, -0.2) is 4.98 Å². The lowest BCUT2D eigenvalue weighted by atomic mass is 10.1. The summed E-state index contributed by atoms with van der Waals surface area (Å²) in [4.78, 5) is 22.9. The Kier molecular flexibility index (Phi) is 8.17. The van der Waals surface area contributed by atoms with E-state index in [-0.39, 0.29) is 5.91 Å². The molecule has 1 saturated heterocycles. The van der Waals surface area contributed by atoms with Gasteiger partial charge in [0.1, 0.15) is 23.7 Å². The van der Waals surface area contributed by atoms with Gasteiger partial charge in [-0.2, -0.15) is 10.2 Å². The molecular weight excluding hydrogens is 554 g/mol. The molecule has 5 heterocycles. The van der Waals surface area contributed by atoms with E-state index in [4.69, 9.17) is 14.9 Å². The largest absolute Gasteiger partial charge is 0.492 e. The van der Waals surface area contributed by atoms with Crippen molar-refractivity contribution < 1.29 is 9.53 Å². The highest BCUT2D eigenvalue weighted by Gasteiger charge is 2.26. The number of fused-ring (bicyclic) bond motifs is 2. The number of piperazine rings is 1. The fourth-order valence-corrected chi connectivity index (χ4v) is 6.35. The second-order valence-corrected chi connectivity index (χ2v) is 12.4. The van der Waals surface area contributed by atoms with Crippen molar-refractivity contribution in [3.8, 4) is 5.75 Å². The van der Waals surface area contributed by atoms with Gasteiger partial charge >= 0.3 is 0 Å². The fourth-order valence-electron chi connectivity index (χ4n) is 6.35. The molecule has 44 heavy (non-hydrogen) atoms. The molecule has 6 rings (SSSR count). The Labute approximate surface area is 258 Å². The Balaban J connectivity index is 1.14. The number of nitrogens with one attached hydrogen (secondary N) is 1. The number of carbonyl (C=O) groups excluding carboxylic acids is 1. The predicted molar refractivity (Wildman–Crippen MR) is 173 cm³/mol. The maximum atomic E-state index is 13.5. The third-order valence-electron chi connectivity index (χ3n) is 8.80. The van der Waals surface area contributed by atoms with E-state index in [0.717, 1.165) is 53.4 Å². The monoisotopic (exact) mass is 597 g/mol. The lowest BCUT2D eigenvalue weighted by Gasteiger charge is -2.42. The molecule has 1 aliphatic heterocycles. The number of anilines is 1. The highest BCUT2D eigenvalue weighted by Crippen LogP contribution is 2.28. The molecular formula is C33H43N9O2. The second-order valence-electron chi connectivity index (χ2n) is 12.4. The van der Waals surface area contributed by atoms with Gasteiger partial charge in [0.15, 0.2) is 0 Å². The third-order valence-corrected chi connectivity index (χ3v) is 8.80. The first-order valence-electron chi connectivity index (χ1n) is 15.5. The van der Waals surface area contributed by atoms with Crippen molar-refractivity contribution in [2.75, 3.05) is 38.6 Å². The van der Waals surface area contributed by atoms with E-state index in [9.17, 15) is 4.79 Å². The summed E-state index contributed by atoms with van der Waals surface area (Å²) in [6.45, 7) is 16.9. The van der Waals surface area contributed by atoms with Crippen LogP contribution in [0.15, 0.2) is 48.8 Å². The second kappa shape index (κ2) is 12.0. The number of nitrogens with zero attached hydrogens (tertiary/aromatic N) is 8. The fraction of sp³-hybridized carbons (Fsp3) is 0.455. The van der Waals surface area contributed by atoms with Crippen molar-refractivity contribution >= 4 is 28.1 Å². The molecule has 1 fully saturated rings. The number of ether oxygens (including phenoxy) is 1. The van der Waals surface area contributed by atoms with Crippen LogP contribution in [0, 0.1) is 13.8 Å². The third kappa shape index (κ3) is 5.81. The van der Waals surface area contributed by atoms with E-state index in [1.54, 1.807) is 10.6 Å². The van der Waals surface area contributed by atoms with Gasteiger partial charge in [0, 0.05) is 61.1 Å². The van der Waals surface area contributed by atoms with Crippen LogP contribution in [-0.2, 0) is 6.54 Å². The molecule has 0 spiro atoms. The lowest BCUT2D eigenvalue weighted by molar-refractivity contribution is 0.0522. The summed E-state index contributed by atoms with van der Waals surface area (Å²) in [5, 5.41) is 13.6. The number of imidazole rings is 1. The van der Waals surface area contributed by atoms with E-state index in [2.05, 4.69) is 67.8 Å². The number of rotatable bonds is 9. The van der Waals surface area contributed by atoms with Crippen LogP contribution in [0.1, 0.15) is 61.3 Å². The van der Waals surface area contributed by atoms with Gasteiger partial charge in [-0.05, 0) is 72.9 Å². The first kappa shape index (κ1) is 29.8. The Morgan fingerprint density at radius 1 is 1.09 bits per heavy atom. The van der Waals surface area contributed by atoms with Crippen molar-refractivity contribution in [2.24, 2.45) is 0 Å². The van der Waals surface area contributed by atoms with Crippen LogP contribution in [0.3, 0.4) is 0 Å². The van der Waals surface area contributed by atoms with Crippen LogP contribution < -0.4 is 10.1 Å². The van der Waals surface area contributed by atoms with Crippen LogP contribution in [0.4, 0.5) is 5.69 Å². The van der Waals surface area contributed by atoms with Crippen LogP contribution in [-0.4, -0.2) is 90.0 Å². The molecule has 1 aliphatic rings. The van der Waals surface area contributed by atoms with E-state index in [1.807, 2.05) is 52.8 Å². The Bertz CT molecular complexity index is 1790. The summed E-state index contributed by atoms with van der Waals surface area (Å²) in [6.07, 6.45) is 3.44. The van der Waals surface area contributed by atoms with Crippen molar-refractivity contribution in [1.82, 2.24) is 38.7 Å². The first-order valence-corrected chi connectivity index (χ1v) is 15.5. The predicted octanol–water partition coefficient (Wildman–Crippen LogP) is 4.78. The van der Waals surface area contributed by atoms with Crippen molar-refractivity contribution in [3.05, 3.63) is 71.6 Å². The van der Waals surface area contributed by atoms with E-state index < -0.39 is 0 Å². The normalized spacial score (nSPS) is 18.1. The molecule has 0 aliphatic carbocycles. The molecule has 0 bridgehead atoms. The number of carbonyl (C=O) groups is 1. The van der Waals surface area contributed by atoms with Gasteiger partial charge in [0.2, 0.25) is 0 Å². The van der Waals surface area contributed by atoms with E-state index >= 15 is 0 Å². The Hall–Kier alpha value is -4.22. The molecule has 2 unspecified atom stereocenters. The zero-order valence-electron chi connectivity index (χ0n) is 26.8. The van der Waals surface area contributed by atoms with Gasteiger partial charge < -0.3 is 10.1 Å². The van der Waals surface area contributed by atoms with Crippen LogP contribution in [0.2, 0.25) is 0 Å². The molecule has 0 saturated carbocycles. The van der Waals surface area contributed by atoms with Gasteiger partial charge in [-0.15, -0.1) is 0 Å². The minimum Gasteiger partial charge on any atom is -0.492 e. The molecule has 2 atom stereocenters. The van der Waals surface area contributed by atoms with Crippen molar-refractivity contribution in [1.29, 1.82) is 0 Å². The average Bonchev–Trinajstić information content (AvgIpc) is 3.67. The minimum absolute atomic E-state index is 0.240. The molecule has 5 aromatic rings. The van der Waals surface area contributed by atoms with Crippen molar-refractivity contribution in [3.63, 3.8) is 0 Å². The minimum atomic E-state index is -0.240. The van der Waals surface area contributed by atoms with Crippen molar-refractivity contribution in [2.45, 2.75) is 66.2 Å². The van der Waals surface area contributed by atoms with Crippen LogP contribution in [0.5, 0.6) is 5.75 Å². The maximum Gasteiger partial charge on any atom is 0.274 e. The molecule has 0 radical (unpaired) electrons. The standard InChI is InChI=1S/C33H43N9O2/c1-21(2)42-22(3)15-26(37-42)20-41-29-10-8-9-28(32(29)25(6)36-41)35-33(43)30-17-34-31-16-27(11-12-40(30)31)44-14-13-39-18-23(4)38(7)24(5)19-39/h8-12,15-17,21,23-24H,13-14,18-20H2,1-7H3,(H,35,43).